The third-order valence-electron chi connectivity index (χ3n) is 3.82. The zero-order valence-electron chi connectivity index (χ0n) is 14.4. The maximum absolute atomic E-state index is 4.82. The molecule has 1 N–H and O–H groups in total. The monoisotopic (exact) mass is 297 g/mol. The summed E-state index contributed by atoms with van der Waals surface area (Å²) in [6, 6.07) is 8.58. The Labute approximate surface area is 134 Å². The molecule has 0 bridgehead atoms. The Hall–Kier alpha value is -1.74. The van der Waals surface area contributed by atoms with Gasteiger partial charge in [0.2, 0.25) is 0 Å². The van der Waals surface area contributed by atoms with Crippen LogP contribution >= 0.6 is 0 Å². The van der Waals surface area contributed by atoms with Crippen molar-refractivity contribution in [3.05, 3.63) is 46.9 Å². The predicted molar refractivity (Wildman–Crippen MR) is 93.0 cm³/mol. The zero-order valence-corrected chi connectivity index (χ0v) is 14.4. The molecule has 1 heterocycles. The van der Waals surface area contributed by atoms with Crippen LogP contribution in [0.5, 0.6) is 0 Å². The standard InChI is InChI=1S/C19H27N3/c1-6-11-20-12-17-15(5)18(22-19(21-17)13(2)3)16-9-7-14(4)8-10-16/h7-10,13,20H,6,11-12H2,1-5H3. The second-order valence-corrected chi connectivity index (χ2v) is 6.20. The minimum absolute atomic E-state index is 0.328. The fraction of sp³-hybridized carbons (Fsp3) is 0.474. The van der Waals surface area contributed by atoms with Gasteiger partial charge in [0.15, 0.2) is 0 Å². The molecule has 0 atom stereocenters. The molecule has 0 aliphatic carbocycles. The molecular formula is C19H27N3. The summed E-state index contributed by atoms with van der Waals surface area (Å²) in [4.78, 5) is 9.60. The van der Waals surface area contributed by atoms with E-state index < -0.39 is 0 Å². The van der Waals surface area contributed by atoms with E-state index in [0.29, 0.717) is 5.92 Å². The molecule has 0 saturated carbocycles. The lowest BCUT2D eigenvalue weighted by Crippen LogP contribution is -2.17. The lowest BCUT2D eigenvalue weighted by molar-refractivity contribution is 0.649. The van der Waals surface area contributed by atoms with Gasteiger partial charge in [0, 0.05) is 18.0 Å². The van der Waals surface area contributed by atoms with Gasteiger partial charge in [-0.3, -0.25) is 0 Å². The van der Waals surface area contributed by atoms with Crippen molar-refractivity contribution in [3.63, 3.8) is 0 Å². The number of aromatic nitrogens is 2. The summed E-state index contributed by atoms with van der Waals surface area (Å²) in [6.45, 7) is 12.5. The van der Waals surface area contributed by atoms with Crippen molar-refractivity contribution in [2.75, 3.05) is 6.54 Å². The molecule has 2 aromatic rings. The maximum atomic E-state index is 4.82. The quantitative estimate of drug-likeness (QED) is 0.804. The number of nitrogens with one attached hydrogen (secondary N) is 1. The van der Waals surface area contributed by atoms with Gasteiger partial charge in [0.1, 0.15) is 5.82 Å². The molecule has 1 aromatic carbocycles. The fourth-order valence-corrected chi connectivity index (χ4v) is 2.39. The Morgan fingerprint density at radius 2 is 1.73 bits per heavy atom. The molecule has 0 fully saturated rings. The van der Waals surface area contributed by atoms with Gasteiger partial charge < -0.3 is 5.32 Å². The number of aryl methyl sites for hydroxylation is 1. The van der Waals surface area contributed by atoms with E-state index in [1.165, 1.54) is 16.7 Å². The van der Waals surface area contributed by atoms with Crippen LogP contribution in [0.1, 0.15) is 55.8 Å². The van der Waals surface area contributed by atoms with Crippen molar-refractivity contribution >= 4 is 0 Å². The topological polar surface area (TPSA) is 37.8 Å². The molecule has 0 aliphatic rings. The fourth-order valence-electron chi connectivity index (χ4n) is 2.39. The highest BCUT2D eigenvalue weighted by molar-refractivity contribution is 5.64. The van der Waals surface area contributed by atoms with Crippen molar-refractivity contribution in [2.24, 2.45) is 0 Å². The van der Waals surface area contributed by atoms with Gasteiger partial charge in [0.05, 0.1) is 11.4 Å². The number of rotatable bonds is 6. The summed E-state index contributed by atoms with van der Waals surface area (Å²) < 4.78 is 0. The highest BCUT2D eigenvalue weighted by Gasteiger charge is 2.14. The summed E-state index contributed by atoms with van der Waals surface area (Å²) in [5.74, 6) is 1.25. The van der Waals surface area contributed by atoms with E-state index in [1.54, 1.807) is 0 Å². The molecule has 22 heavy (non-hydrogen) atoms. The Bertz CT molecular complexity index is 615. The van der Waals surface area contributed by atoms with E-state index >= 15 is 0 Å². The molecule has 0 unspecified atom stereocenters. The number of nitrogens with zero attached hydrogens (tertiary/aromatic N) is 2. The van der Waals surface area contributed by atoms with E-state index in [4.69, 9.17) is 9.97 Å². The predicted octanol–water partition coefficient (Wildman–Crippen LogP) is 4.38. The van der Waals surface area contributed by atoms with E-state index in [1.807, 2.05) is 0 Å². The highest BCUT2D eigenvalue weighted by atomic mass is 14.9. The van der Waals surface area contributed by atoms with E-state index in [9.17, 15) is 0 Å². The summed E-state index contributed by atoms with van der Waals surface area (Å²) in [5, 5.41) is 3.46. The Morgan fingerprint density at radius 1 is 1.05 bits per heavy atom. The normalized spacial score (nSPS) is 11.2. The van der Waals surface area contributed by atoms with Crippen LogP contribution in [0.3, 0.4) is 0 Å². The Balaban J connectivity index is 2.44. The first-order valence-corrected chi connectivity index (χ1v) is 8.18. The van der Waals surface area contributed by atoms with Gasteiger partial charge in [0.25, 0.3) is 0 Å². The Kier molecular flexibility index (Phi) is 5.67. The van der Waals surface area contributed by atoms with Gasteiger partial charge in [-0.25, -0.2) is 9.97 Å². The van der Waals surface area contributed by atoms with Crippen LogP contribution in [0.25, 0.3) is 11.3 Å². The molecule has 0 aliphatic heterocycles. The molecule has 3 nitrogen and oxygen atoms in total. The molecule has 1 aromatic heterocycles. The summed E-state index contributed by atoms with van der Waals surface area (Å²) >= 11 is 0. The number of benzene rings is 1. The first-order chi connectivity index (χ1) is 10.5. The average molecular weight is 297 g/mol. The van der Waals surface area contributed by atoms with Crippen LogP contribution in [0.15, 0.2) is 24.3 Å². The third-order valence-corrected chi connectivity index (χ3v) is 3.82. The maximum Gasteiger partial charge on any atom is 0.131 e. The minimum atomic E-state index is 0.328. The van der Waals surface area contributed by atoms with Gasteiger partial charge in [-0.1, -0.05) is 50.6 Å². The van der Waals surface area contributed by atoms with Gasteiger partial charge in [-0.15, -0.1) is 0 Å². The van der Waals surface area contributed by atoms with Crippen molar-refractivity contribution < 1.29 is 0 Å². The van der Waals surface area contributed by atoms with Crippen molar-refractivity contribution in [1.29, 1.82) is 0 Å². The van der Waals surface area contributed by atoms with E-state index in [2.05, 4.69) is 64.2 Å². The van der Waals surface area contributed by atoms with Crippen LogP contribution in [0.2, 0.25) is 0 Å². The van der Waals surface area contributed by atoms with Crippen molar-refractivity contribution in [2.45, 2.75) is 53.5 Å². The molecule has 0 radical (unpaired) electrons. The molecule has 3 heteroatoms. The largest absolute Gasteiger partial charge is 0.311 e. The summed E-state index contributed by atoms with van der Waals surface area (Å²) in [6.07, 6.45) is 1.13. The van der Waals surface area contributed by atoms with Crippen LogP contribution < -0.4 is 5.32 Å². The zero-order chi connectivity index (χ0) is 16.1. The minimum Gasteiger partial charge on any atom is -0.311 e. The van der Waals surface area contributed by atoms with Crippen LogP contribution in [0.4, 0.5) is 0 Å². The smallest absolute Gasteiger partial charge is 0.131 e. The second kappa shape index (κ2) is 7.50. The van der Waals surface area contributed by atoms with Gasteiger partial charge in [-0.05, 0) is 32.4 Å². The lowest BCUT2D eigenvalue weighted by Gasteiger charge is -2.15. The molecule has 0 spiro atoms. The van der Waals surface area contributed by atoms with Crippen molar-refractivity contribution in [3.8, 4) is 11.3 Å². The SMILES string of the molecule is CCCNCc1nc(C(C)C)nc(-c2ccc(C)cc2)c1C. The third kappa shape index (κ3) is 3.92. The van der Waals surface area contributed by atoms with E-state index in [-0.39, 0.29) is 0 Å². The Morgan fingerprint density at radius 3 is 2.32 bits per heavy atom. The number of hydrogen-bond acceptors (Lipinski definition) is 3. The molecule has 0 saturated heterocycles. The molecule has 118 valence electrons. The van der Waals surface area contributed by atoms with E-state index in [0.717, 1.165) is 36.7 Å². The summed E-state index contributed by atoms with van der Waals surface area (Å²) in [5.41, 5.74) is 5.79. The van der Waals surface area contributed by atoms with Gasteiger partial charge in [-0.2, -0.15) is 0 Å². The lowest BCUT2D eigenvalue weighted by atomic mass is 10.0. The first-order valence-electron chi connectivity index (χ1n) is 8.18. The van der Waals surface area contributed by atoms with Crippen molar-refractivity contribution in [1.82, 2.24) is 15.3 Å². The van der Waals surface area contributed by atoms with Gasteiger partial charge >= 0.3 is 0 Å². The molecular weight excluding hydrogens is 270 g/mol. The average Bonchev–Trinajstić information content (AvgIpc) is 2.50. The molecule has 2 rings (SSSR count). The number of hydrogen-bond donors (Lipinski definition) is 1. The van der Waals surface area contributed by atoms with Crippen LogP contribution in [-0.4, -0.2) is 16.5 Å². The first kappa shape index (κ1) is 16.6. The van der Waals surface area contributed by atoms with Crippen LogP contribution in [0, 0.1) is 13.8 Å². The summed E-state index contributed by atoms with van der Waals surface area (Å²) in [7, 11) is 0. The highest BCUT2D eigenvalue weighted by Crippen LogP contribution is 2.25. The van der Waals surface area contributed by atoms with Crippen LogP contribution in [-0.2, 0) is 6.54 Å². The molecule has 0 amide bonds. The second-order valence-electron chi connectivity index (χ2n) is 6.20.